The van der Waals surface area contributed by atoms with Crippen LogP contribution >= 0.6 is 15.9 Å². The minimum Gasteiger partial charge on any atom is -0.309 e. The molecule has 0 saturated carbocycles. The molecule has 0 radical (unpaired) electrons. The van der Waals surface area contributed by atoms with Crippen molar-refractivity contribution < 1.29 is 4.39 Å². The summed E-state index contributed by atoms with van der Waals surface area (Å²) in [5.74, 6) is -0.231. The fourth-order valence-corrected chi connectivity index (χ4v) is 2.90. The number of halogens is 2. The average molecular weight is 336 g/mol. The molecule has 106 valence electrons. The molecule has 2 rings (SSSR count). The second kappa shape index (κ2) is 7.00. The molecule has 0 fully saturated rings. The van der Waals surface area contributed by atoms with Crippen LogP contribution in [0.2, 0.25) is 0 Å². The molecule has 0 heterocycles. The van der Waals surface area contributed by atoms with Gasteiger partial charge in [0, 0.05) is 0 Å². The van der Waals surface area contributed by atoms with Crippen LogP contribution in [0.15, 0.2) is 46.9 Å². The fraction of sp³-hybridized carbons (Fsp3) is 0.294. The van der Waals surface area contributed by atoms with Crippen molar-refractivity contribution in [2.75, 3.05) is 7.05 Å². The van der Waals surface area contributed by atoms with E-state index in [0.717, 1.165) is 24.0 Å². The zero-order valence-electron chi connectivity index (χ0n) is 11.8. The number of hydrogen-bond donors (Lipinski definition) is 1. The van der Waals surface area contributed by atoms with Gasteiger partial charge in [0.05, 0.1) is 10.5 Å². The molecule has 2 aromatic carbocycles. The van der Waals surface area contributed by atoms with Gasteiger partial charge in [0.1, 0.15) is 5.82 Å². The molecule has 0 aliphatic carbocycles. The smallest absolute Gasteiger partial charge is 0.137 e. The van der Waals surface area contributed by atoms with Gasteiger partial charge in [0.15, 0.2) is 0 Å². The molecule has 0 saturated heterocycles. The topological polar surface area (TPSA) is 12.0 Å². The fourth-order valence-electron chi connectivity index (χ4n) is 2.41. The molecule has 0 aromatic heterocycles. The lowest BCUT2D eigenvalue weighted by Crippen LogP contribution is -2.18. The molecule has 1 atom stereocenters. The monoisotopic (exact) mass is 335 g/mol. The minimum absolute atomic E-state index is 0.0178. The first kappa shape index (κ1) is 15.2. The van der Waals surface area contributed by atoms with E-state index in [1.54, 1.807) is 6.07 Å². The van der Waals surface area contributed by atoms with Crippen LogP contribution in [-0.4, -0.2) is 7.05 Å². The third kappa shape index (κ3) is 3.28. The summed E-state index contributed by atoms with van der Waals surface area (Å²) in [6.45, 7) is 2.17. The number of benzene rings is 2. The largest absolute Gasteiger partial charge is 0.309 e. The highest BCUT2D eigenvalue weighted by Gasteiger charge is 2.16. The first-order chi connectivity index (χ1) is 9.67. The number of hydrogen-bond acceptors (Lipinski definition) is 1. The Labute approximate surface area is 128 Å². The molecule has 3 heteroatoms. The van der Waals surface area contributed by atoms with Crippen molar-refractivity contribution in [3.63, 3.8) is 0 Å². The van der Waals surface area contributed by atoms with E-state index in [0.29, 0.717) is 4.47 Å². The molecule has 0 aliphatic rings. The minimum atomic E-state index is -0.231. The van der Waals surface area contributed by atoms with Crippen LogP contribution in [-0.2, 0) is 6.42 Å². The molecule has 20 heavy (non-hydrogen) atoms. The van der Waals surface area contributed by atoms with Crippen molar-refractivity contribution in [2.45, 2.75) is 25.8 Å². The van der Waals surface area contributed by atoms with E-state index < -0.39 is 0 Å². The lowest BCUT2D eigenvalue weighted by atomic mass is 9.97. The van der Waals surface area contributed by atoms with E-state index in [1.807, 2.05) is 13.1 Å². The molecule has 1 N–H and O–H groups in total. The molecule has 1 unspecified atom stereocenters. The van der Waals surface area contributed by atoms with Crippen LogP contribution in [0.5, 0.6) is 0 Å². The van der Waals surface area contributed by atoms with Gasteiger partial charge < -0.3 is 5.32 Å². The highest BCUT2D eigenvalue weighted by atomic mass is 79.9. The Kier molecular flexibility index (Phi) is 5.32. The molecule has 1 nitrogen and oxygen atoms in total. The third-order valence-corrected chi connectivity index (χ3v) is 4.27. The van der Waals surface area contributed by atoms with Gasteiger partial charge in [-0.3, -0.25) is 0 Å². The first-order valence-corrected chi connectivity index (χ1v) is 7.66. The standard InChI is InChI=1S/C17H19BrFN/c1-3-5-12-8-10-13(11-9-12)17(20-2)14-6-4-7-15(19)16(14)18/h4,6-11,17,20H,3,5H2,1-2H3. The maximum absolute atomic E-state index is 13.7. The summed E-state index contributed by atoms with van der Waals surface area (Å²) >= 11 is 3.34. The van der Waals surface area contributed by atoms with Crippen LogP contribution < -0.4 is 5.32 Å². The number of aryl methyl sites for hydroxylation is 1. The van der Waals surface area contributed by atoms with E-state index in [1.165, 1.54) is 11.6 Å². The molecule has 0 bridgehead atoms. The Morgan fingerprint density at radius 2 is 1.85 bits per heavy atom. The average Bonchev–Trinajstić information content (AvgIpc) is 2.46. The maximum Gasteiger partial charge on any atom is 0.137 e. The summed E-state index contributed by atoms with van der Waals surface area (Å²) in [4.78, 5) is 0. The summed E-state index contributed by atoms with van der Waals surface area (Å²) in [5.41, 5.74) is 3.39. The van der Waals surface area contributed by atoms with Crippen molar-refractivity contribution in [2.24, 2.45) is 0 Å². The van der Waals surface area contributed by atoms with Gasteiger partial charge >= 0.3 is 0 Å². The Balaban J connectivity index is 2.34. The van der Waals surface area contributed by atoms with E-state index in [9.17, 15) is 4.39 Å². The van der Waals surface area contributed by atoms with Gasteiger partial charge in [0.25, 0.3) is 0 Å². The Bertz CT molecular complexity index is 566. The van der Waals surface area contributed by atoms with E-state index in [2.05, 4.69) is 52.4 Å². The summed E-state index contributed by atoms with van der Waals surface area (Å²) in [5, 5.41) is 3.26. The lowest BCUT2D eigenvalue weighted by molar-refractivity contribution is 0.608. The Morgan fingerprint density at radius 3 is 2.45 bits per heavy atom. The maximum atomic E-state index is 13.7. The van der Waals surface area contributed by atoms with Crippen molar-refractivity contribution in [1.29, 1.82) is 0 Å². The Morgan fingerprint density at radius 1 is 1.15 bits per heavy atom. The van der Waals surface area contributed by atoms with Crippen LogP contribution in [0.3, 0.4) is 0 Å². The number of rotatable bonds is 5. The van der Waals surface area contributed by atoms with Crippen LogP contribution in [0, 0.1) is 5.82 Å². The molecular formula is C17H19BrFN. The van der Waals surface area contributed by atoms with E-state index >= 15 is 0 Å². The zero-order chi connectivity index (χ0) is 14.5. The normalized spacial score (nSPS) is 12.4. The van der Waals surface area contributed by atoms with Gasteiger partial charge in [-0.15, -0.1) is 0 Å². The summed E-state index contributed by atoms with van der Waals surface area (Å²) in [6, 6.07) is 13.7. The molecular weight excluding hydrogens is 317 g/mol. The summed E-state index contributed by atoms with van der Waals surface area (Å²) in [6.07, 6.45) is 2.23. The van der Waals surface area contributed by atoms with Crippen molar-refractivity contribution in [3.05, 3.63) is 69.4 Å². The van der Waals surface area contributed by atoms with E-state index in [-0.39, 0.29) is 11.9 Å². The van der Waals surface area contributed by atoms with Crippen molar-refractivity contribution >= 4 is 15.9 Å². The molecule has 0 amide bonds. The highest BCUT2D eigenvalue weighted by molar-refractivity contribution is 9.10. The second-order valence-electron chi connectivity index (χ2n) is 4.86. The van der Waals surface area contributed by atoms with E-state index in [4.69, 9.17) is 0 Å². The highest BCUT2D eigenvalue weighted by Crippen LogP contribution is 2.30. The SMILES string of the molecule is CCCc1ccc(C(NC)c2cccc(F)c2Br)cc1. The summed E-state index contributed by atoms with van der Waals surface area (Å²) in [7, 11) is 1.89. The third-order valence-electron chi connectivity index (χ3n) is 3.43. The Hall–Kier alpha value is -1.19. The zero-order valence-corrected chi connectivity index (χ0v) is 13.4. The van der Waals surface area contributed by atoms with Gasteiger partial charge in [-0.1, -0.05) is 49.7 Å². The summed E-state index contributed by atoms with van der Waals surface area (Å²) < 4.78 is 14.2. The van der Waals surface area contributed by atoms with Crippen LogP contribution in [0.25, 0.3) is 0 Å². The molecule has 0 aliphatic heterocycles. The molecule has 2 aromatic rings. The van der Waals surface area contributed by atoms with Crippen molar-refractivity contribution in [3.8, 4) is 0 Å². The second-order valence-corrected chi connectivity index (χ2v) is 5.65. The van der Waals surface area contributed by atoms with Gasteiger partial charge in [0.2, 0.25) is 0 Å². The number of nitrogens with one attached hydrogen (secondary N) is 1. The quantitative estimate of drug-likeness (QED) is 0.823. The predicted octanol–water partition coefficient (Wildman–Crippen LogP) is 4.85. The predicted molar refractivity (Wildman–Crippen MR) is 85.4 cm³/mol. The lowest BCUT2D eigenvalue weighted by Gasteiger charge is -2.19. The first-order valence-electron chi connectivity index (χ1n) is 6.87. The van der Waals surface area contributed by atoms with Gasteiger partial charge in [-0.05, 0) is 52.2 Å². The van der Waals surface area contributed by atoms with Gasteiger partial charge in [-0.2, -0.15) is 0 Å². The van der Waals surface area contributed by atoms with Crippen molar-refractivity contribution in [1.82, 2.24) is 5.32 Å². The van der Waals surface area contributed by atoms with Crippen LogP contribution in [0.1, 0.15) is 36.1 Å². The van der Waals surface area contributed by atoms with Crippen LogP contribution in [0.4, 0.5) is 4.39 Å². The molecule has 0 spiro atoms. The van der Waals surface area contributed by atoms with Gasteiger partial charge in [-0.25, -0.2) is 4.39 Å².